The number of sulfone groups is 1. The van der Waals surface area contributed by atoms with Gasteiger partial charge in [0.1, 0.15) is 0 Å². The van der Waals surface area contributed by atoms with Crippen LogP contribution in [0.1, 0.15) is 19.8 Å². The van der Waals surface area contributed by atoms with Crippen LogP contribution in [0.5, 0.6) is 0 Å². The van der Waals surface area contributed by atoms with Gasteiger partial charge in [0, 0.05) is 13.0 Å². The number of halogens is 1. The standard InChI is InChI=1S/C16H19ClN2O4S/c1-16(6-7-24(22,23)10-16)18-15(21)11-8-14(20)19(9-11)13-5-3-2-4-12(13)17/h2-5,11H,6-10H2,1H3,(H,18,21). The minimum atomic E-state index is -3.10. The Morgan fingerprint density at radius 3 is 2.71 bits per heavy atom. The van der Waals surface area contributed by atoms with E-state index in [2.05, 4.69) is 5.32 Å². The van der Waals surface area contributed by atoms with Crippen molar-refractivity contribution in [2.45, 2.75) is 25.3 Å². The summed E-state index contributed by atoms with van der Waals surface area (Å²) in [5.41, 5.74) is -0.161. The first-order valence-electron chi connectivity index (χ1n) is 7.76. The molecule has 24 heavy (non-hydrogen) atoms. The zero-order valence-corrected chi connectivity index (χ0v) is 14.9. The lowest BCUT2D eigenvalue weighted by Gasteiger charge is -2.25. The average Bonchev–Trinajstić information content (AvgIpc) is 2.99. The van der Waals surface area contributed by atoms with E-state index in [0.29, 0.717) is 17.1 Å². The molecule has 2 saturated heterocycles. The highest BCUT2D eigenvalue weighted by atomic mass is 35.5. The molecule has 1 aromatic carbocycles. The fourth-order valence-electron chi connectivity index (χ4n) is 3.30. The molecule has 2 aliphatic rings. The maximum absolute atomic E-state index is 12.5. The van der Waals surface area contributed by atoms with Crippen molar-refractivity contribution in [2.24, 2.45) is 5.92 Å². The molecule has 2 amide bonds. The van der Waals surface area contributed by atoms with Crippen LogP contribution < -0.4 is 10.2 Å². The normalized spacial score (nSPS) is 29.0. The van der Waals surface area contributed by atoms with Crippen LogP contribution in [0.15, 0.2) is 24.3 Å². The first-order chi connectivity index (χ1) is 11.2. The second-order valence-electron chi connectivity index (χ2n) is 6.75. The number of benzene rings is 1. The molecule has 2 atom stereocenters. The predicted octanol–water partition coefficient (Wildman–Crippen LogP) is 1.39. The van der Waals surface area contributed by atoms with Gasteiger partial charge in [-0.2, -0.15) is 0 Å². The smallest absolute Gasteiger partial charge is 0.227 e. The van der Waals surface area contributed by atoms with Crippen molar-refractivity contribution in [3.63, 3.8) is 0 Å². The number of carbonyl (C=O) groups is 2. The molecule has 0 aliphatic carbocycles. The summed E-state index contributed by atoms with van der Waals surface area (Å²) in [5, 5.41) is 3.29. The number of hydrogen-bond acceptors (Lipinski definition) is 4. The summed E-state index contributed by atoms with van der Waals surface area (Å²) in [7, 11) is -3.10. The number of rotatable bonds is 3. The molecule has 130 valence electrons. The lowest BCUT2D eigenvalue weighted by Crippen LogP contribution is -2.49. The van der Waals surface area contributed by atoms with Crippen molar-refractivity contribution in [1.82, 2.24) is 5.32 Å². The number of carbonyl (C=O) groups excluding carboxylic acids is 2. The van der Waals surface area contributed by atoms with Crippen LogP contribution in [-0.4, -0.2) is 43.8 Å². The Morgan fingerprint density at radius 2 is 2.08 bits per heavy atom. The summed E-state index contributed by atoms with van der Waals surface area (Å²) >= 11 is 6.13. The molecule has 0 spiro atoms. The molecule has 2 heterocycles. The van der Waals surface area contributed by atoms with E-state index in [0.717, 1.165) is 0 Å². The van der Waals surface area contributed by atoms with Gasteiger partial charge in [-0.05, 0) is 25.5 Å². The summed E-state index contributed by atoms with van der Waals surface area (Å²) in [6, 6.07) is 7.00. The van der Waals surface area contributed by atoms with Gasteiger partial charge in [0.25, 0.3) is 0 Å². The number of anilines is 1. The Labute approximate surface area is 146 Å². The van der Waals surface area contributed by atoms with Crippen molar-refractivity contribution in [2.75, 3.05) is 23.0 Å². The van der Waals surface area contributed by atoms with Crippen molar-refractivity contribution >= 4 is 38.9 Å². The maximum Gasteiger partial charge on any atom is 0.227 e. The van der Waals surface area contributed by atoms with E-state index in [4.69, 9.17) is 11.6 Å². The highest BCUT2D eigenvalue weighted by Crippen LogP contribution is 2.31. The number of nitrogens with zero attached hydrogens (tertiary/aromatic N) is 1. The molecular weight excluding hydrogens is 352 g/mol. The van der Waals surface area contributed by atoms with Gasteiger partial charge in [-0.15, -0.1) is 0 Å². The molecule has 0 radical (unpaired) electrons. The van der Waals surface area contributed by atoms with Gasteiger partial charge < -0.3 is 10.2 Å². The monoisotopic (exact) mass is 370 g/mol. The van der Waals surface area contributed by atoms with Crippen LogP contribution >= 0.6 is 11.6 Å². The van der Waals surface area contributed by atoms with Crippen LogP contribution in [0.4, 0.5) is 5.69 Å². The van der Waals surface area contributed by atoms with Gasteiger partial charge in [-0.25, -0.2) is 8.42 Å². The number of amides is 2. The molecule has 2 fully saturated rings. The highest BCUT2D eigenvalue weighted by Gasteiger charge is 2.42. The Morgan fingerprint density at radius 1 is 1.38 bits per heavy atom. The second-order valence-corrected chi connectivity index (χ2v) is 9.34. The fourth-order valence-corrected chi connectivity index (χ4v) is 5.63. The van der Waals surface area contributed by atoms with Crippen LogP contribution in [-0.2, 0) is 19.4 Å². The molecule has 3 rings (SSSR count). The third-order valence-electron chi connectivity index (χ3n) is 4.57. The van der Waals surface area contributed by atoms with Gasteiger partial charge in [-0.3, -0.25) is 9.59 Å². The first kappa shape index (κ1) is 17.2. The largest absolute Gasteiger partial charge is 0.350 e. The van der Waals surface area contributed by atoms with E-state index in [1.165, 1.54) is 4.90 Å². The lowest BCUT2D eigenvalue weighted by molar-refractivity contribution is -0.127. The molecule has 1 N–H and O–H groups in total. The van der Waals surface area contributed by atoms with Crippen molar-refractivity contribution in [3.05, 3.63) is 29.3 Å². The summed E-state index contributed by atoms with van der Waals surface area (Å²) in [6.45, 7) is 1.98. The topological polar surface area (TPSA) is 83.6 Å². The first-order valence-corrected chi connectivity index (χ1v) is 9.96. The molecule has 2 aliphatic heterocycles. The Hall–Kier alpha value is -1.60. The number of hydrogen-bond donors (Lipinski definition) is 1. The van der Waals surface area contributed by atoms with E-state index >= 15 is 0 Å². The lowest BCUT2D eigenvalue weighted by atomic mass is 9.99. The van der Waals surface area contributed by atoms with Crippen molar-refractivity contribution in [1.29, 1.82) is 0 Å². The zero-order chi connectivity index (χ0) is 17.5. The van der Waals surface area contributed by atoms with Crippen LogP contribution in [0.3, 0.4) is 0 Å². The van der Waals surface area contributed by atoms with E-state index < -0.39 is 21.3 Å². The number of nitrogens with one attached hydrogen (secondary N) is 1. The number of para-hydroxylation sites is 1. The highest BCUT2D eigenvalue weighted by molar-refractivity contribution is 7.91. The van der Waals surface area contributed by atoms with Gasteiger partial charge in [0.2, 0.25) is 11.8 Å². The molecule has 0 bridgehead atoms. The molecular formula is C16H19ClN2O4S. The Bertz CT molecular complexity index is 795. The quantitative estimate of drug-likeness (QED) is 0.871. The molecule has 8 heteroatoms. The predicted molar refractivity (Wildman–Crippen MR) is 91.7 cm³/mol. The fraction of sp³-hybridized carbons (Fsp3) is 0.500. The van der Waals surface area contributed by atoms with Gasteiger partial charge in [0.05, 0.1) is 33.7 Å². The Balaban J connectivity index is 1.70. The minimum absolute atomic E-state index is 0.0549. The van der Waals surface area contributed by atoms with Crippen molar-refractivity contribution in [3.8, 4) is 0 Å². The van der Waals surface area contributed by atoms with E-state index in [9.17, 15) is 18.0 Å². The molecule has 2 unspecified atom stereocenters. The Kier molecular flexibility index (Phi) is 4.34. The summed E-state index contributed by atoms with van der Waals surface area (Å²) in [4.78, 5) is 26.3. The third kappa shape index (κ3) is 3.42. The van der Waals surface area contributed by atoms with Gasteiger partial charge in [-0.1, -0.05) is 23.7 Å². The molecule has 6 nitrogen and oxygen atoms in total. The average molecular weight is 371 g/mol. The van der Waals surface area contributed by atoms with Crippen LogP contribution in [0.25, 0.3) is 0 Å². The van der Waals surface area contributed by atoms with Crippen LogP contribution in [0, 0.1) is 5.92 Å². The van der Waals surface area contributed by atoms with Gasteiger partial charge >= 0.3 is 0 Å². The minimum Gasteiger partial charge on any atom is -0.350 e. The SMILES string of the molecule is CC1(NC(=O)C2CC(=O)N(c3ccccc3Cl)C2)CCS(=O)(=O)C1. The molecule has 1 aromatic rings. The second kappa shape index (κ2) is 6.04. The van der Waals surface area contributed by atoms with E-state index in [1.807, 2.05) is 0 Å². The zero-order valence-electron chi connectivity index (χ0n) is 13.3. The third-order valence-corrected chi connectivity index (χ3v) is 6.79. The summed E-state index contributed by atoms with van der Waals surface area (Å²) in [5.74, 6) is -0.918. The molecule has 0 saturated carbocycles. The van der Waals surface area contributed by atoms with Gasteiger partial charge in [0.15, 0.2) is 9.84 Å². The van der Waals surface area contributed by atoms with E-state index in [1.54, 1.807) is 31.2 Å². The van der Waals surface area contributed by atoms with E-state index in [-0.39, 0.29) is 36.3 Å². The molecule has 0 aromatic heterocycles. The summed E-state index contributed by atoms with van der Waals surface area (Å²) < 4.78 is 23.3. The van der Waals surface area contributed by atoms with Crippen LogP contribution in [0.2, 0.25) is 5.02 Å². The summed E-state index contributed by atoms with van der Waals surface area (Å²) in [6.07, 6.45) is 0.496. The maximum atomic E-state index is 12.5. The van der Waals surface area contributed by atoms with Crippen molar-refractivity contribution < 1.29 is 18.0 Å².